The molecule has 1 fully saturated rings. The first kappa shape index (κ1) is 11.6. The normalized spacial score (nSPS) is 26.6. The fourth-order valence-electron chi connectivity index (χ4n) is 3.10. The highest BCUT2D eigenvalue weighted by molar-refractivity contribution is 7.99. The molecule has 1 heterocycles. The SMILES string of the molecule is CC(CO)(CC1CSc2ccccc21)C1CC1. The van der Waals surface area contributed by atoms with Gasteiger partial charge in [-0.05, 0) is 48.1 Å². The minimum Gasteiger partial charge on any atom is -0.396 e. The maximum absolute atomic E-state index is 9.70. The van der Waals surface area contributed by atoms with Crippen LogP contribution in [0.4, 0.5) is 0 Å². The van der Waals surface area contributed by atoms with Crippen LogP contribution in [0.5, 0.6) is 0 Å². The van der Waals surface area contributed by atoms with Gasteiger partial charge in [0.15, 0.2) is 0 Å². The van der Waals surface area contributed by atoms with E-state index in [1.54, 1.807) is 0 Å². The quantitative estimate of drug-likeness (QED) is 0.877. The molecule has 92 valence electrons. The summed E-state index contributed by atoms with van der Waals surface area (Å²) in [4.78, 5) is 1.45. The van der Waals surface area contributed by atoms with Gasteiger partial charge in [-0.1, -0.05) is 25.1 Å². The smallest absolute Gasteiger partial charge is 0.0487 e. The molecule has 2 heteroatoms. The molecule has 17 heavy (non-hydrogen) atoms. The summed E-state index contributed by atoms with van der Waals surface area (Å²) in [6, 6.07) is 8.77. The van der Waals surface area contributed by atoms with E-state index in [4.69, 9.17) is 0 Å². The lowest BCUT2D eigenvalue weighted by Crippen LogP contribution is -2.26. The van der Waals surface area contributed by atoms with Crippen LogP contribution in [0.1, 0.15) is 37.7 Å². The number of aliphatic hydroxyl groups is 1. The summed E-state index contributed by atoms with van der Waals surface area (Å²) in [5, 5.41) is 9.70. The largest absolute Gasteiger partial charge is 0.396 e. The molecule has 1 aromatic carbocycles. The highest BCUT2D eigenvalue weighted by Gasteiger charge is 2.43. The first-order valence-electron chi connectivity index (χ1n) is 6.55. The Morgan fingerprint density at radius 1 is 1.35 bits per heavy atom. The standard InChI is InChI=1S/C15H20OS/c1-15(10-16,12-6-7-12)8-11-9-17-14-5-3-2-4-13(11)14/h2-5,11-12,16H,6-10H2,1H3. The highest BCUT2D eigenvalue weighted by Crippen LogP contribution is 2.52. The minimum atomic E-state index is 0.155. The van der Waals surface area contributed by atoms with Gasteiger partial charge in [0.1, 0.15) is 0 Å². The van der Waals surface area contributed by atoms with Gasteiger partial charge < -0.3 is 5.11 Å². The molecule has 1 aromatic rings. The van der Waals surface area contributed by atoms with Crippen molar-refractivity contribution in [3.63, 3.8) is 0 Å². The summed E-state index contributed by atoms with van der Waals surface area (Å²) in [6.07, 6.45) is 3.79. The molecule has 1 nitrogen and oxygen atoms in total. The lowest BCUT2D eigenvalue weighted by Gasteiger charge is -2.30. The first-order valence-corrected chi connectivity index (χ1v) is 7.54. The van der Waals surface area contributed by atoms with Crippen molar-refractivity contribution in [2.75, 3.05) is 12.4 Å². The fourth-order valence-corrected chi connectivity index (χ4v) is 4.36. The number of hydrogen-bond donors (Lipinski definition) is 1. The van der Waals surface area contributed by atoms with Crippen LogP contribution in [0.25, 0.3) is 0 Å². The van der Waals surface area contributed by atoms with Crippen LogP contribution in [-0.4, -0.2) is 17.5 Å². The average Bonchev–Trinajstić information content (AvgIpc) is 3.14. The summed E-state index contributed by atoms with van der Waals surface area (Å²) in [5.74, 6) is 2.61. The van der Waals surface area contributed by atoms with Crippen LogP contribution in [0.2, 0.25) is 0 Å². The fraction of sp³-hybridized carbons (Fsp3) is 0.600. The molecule has 1 saturated carbocycles. The number of benzene rings is 1. The molecular formula is C15H20OS. The Morgan fingerprint density at radius 3 is 2.82 bits per heavy atom. The van der Waals surface area contributed by atoms with E-state index < -0.39 is 0 Å². The van der Waals surface area contributed by atoms with Crippen LogP contribution < -0.4 is 0 Å². The Kier molecular flexibility index (Phi) is 2.95. The molecule has 2 unspecified atom stereocenters. The third-order valence-electron chi connectivity index (χ3n) is 4.44. The van der Waals surface area contributed by atoms with Crippen molar-refractivity contribution in [1.82, 2.24) is 0 Å². The van der Waals surface area contributed by atoms with Crippen molar-refractivity contribution in [1.29, 1.82) is 0 Å². The second-order valence-electron chi connectivity index (χ2n) is 5.84. The molecule has 0 amide bonds. The number of thioether (sulfide) groups is 1. The Hall–Kier alpha value is -0.470. The molecule has 0 bridgehead atoms. The second-order valence-corrected chi connectivity index (χ2v) is 6.90. The lowest BCUT2D eigenvalue weighted by molar-refractivity contribution is 0.104. The average molecular weight is 248 g/mol. The molecule has 2 aliphatic rings. The van der Waals surface area contributed by atoms with E-state index in [1.165, 1.54) is 29.1 Å². The number of hydrogen-bond acceptors (Lipinski definition) is 2. The number of rotatable bonds is 4. The zero-order chi connectivity index (χ0) is 11.9. The molecule has 0 spiro atoms. The van der Waals surface area contributed by atoms with Gasteiger partial charge in [-0.3, -0.25) is 0 Å². The van der Waals surface area contributed by atoms with E-state index >= 15 is 0 Å². The van der Waals surface area contributed by atoms with Crippen molar-refractivity contribution in [2.45, 2.75) is 37.0 Å². The molecular weight excluding hydrogens is 228 g/mol. The van der Waals surface area contributed by atoms with E-state index in [9.17, 15) is 5.11 Å². The third-order valence-corrected chi connectivity index (χ3v) is 5.69. The molecule has 1 N–H and O–H groups in total. The number of aliphatic hydroxyl groups excluding tert-OH is 1. The summed E-state index contributed by atoms with van der Waals surface area (Å²) < 4.78 is 0. The predicted molar refractivity (Wildman–Crippen MR) is 72.4 cm³/mol. The van der Waals surface area contributed by atoms with Crippen LogP contribution in [-0.2, 0) is 0 Å². The van der Waals surface area contributed by atoms with Gasteiger partial charge >= 0.3 is 0 Å². The zero-order valence-electron chi connectivity index (χ0n) is 10.4. The molecule has 2 atom stereocenters. The Morgan fingerprint density at radius 2 is 2.12 bits per heavy atom. The molecule has 0 aromatic heterocycles. The van der Waals surface area contributed by atoms with E-state index in [1.807, 2.05) is 11.8 Å². The van der Waals surface area contributed by atoms with Gasteiger partial charge in [-0.25, -0.2) is 0 Å². The van der Waals surface area contributed by atoms with E-state index in [0.29, 0.717) is 12.5 Å². The Balaban J connectivity index is 1.78. The van der Waals surface area contributed by atoms with Gasteiger partial charge in [-0.15, -0.1) is 11.8 Å². The summed E-state index contributed by atoms with van der Waals surface area (Å²) in [5.41, 5.74) is 1.67. The maximum Gasteiger partial charge on any atom is 0.0487 e. The number of fused-ring (bicyclic) bond motifs is 1. The monoisotopic (exact) mass is 248 g/mol. The van der Waals surface area contributed by atoms with Gasteiger partial charge in [-0.2, -0.15) is 0 Å². The van der Waals surface area contributed by atoms with Crippen LogP contribution in [0.3, 0.4) is 0 Å². The summed E-state index contributed by atoms with van der Waals surface area (Å²) in [6.45, 7) is 2.62. The Bertz CT molecular complexity index is 413. The summed E-state index contributed by atoms with van der Waals surface area (Å²) >= 11 is 1.98. The van der Waals surface area contributed by atoms with Gasteiger partial charge in [0.2, 0.25) is 0 Å². The maximum atomic E-state index is 9.70. The summed E-state index contributed by atoms with van der Waals surface area (Å²) in [7, 11) is 0. The van der Waals surface area contributed by atoms with Crippen LogP contribution in [0.15, 0.2) is 29.2 Å². The van der Waals surface area contributed by atoms with Crippen molar-refractivity contribution in [3.8, 4) is 0 Å². The third kappa shape index (κ3) is 2.13. The predicted octanol–water partition coefficient (Wildman–Crippen LogP) is 3.67. The Labute approximate surface area is 108 Å². The van der Waals surface area contributed by atoms with Crippen molar-refractivity contribution in [2.24, 2.45) is 11.3 Å². The zero-order valence-corrected chi connectivity index (χ0v) is 11.2. The van der Waals surface area contributed by atoms with Gasteiger partial charge in [0.25, 0.3) is 0 Å². The molecule has 3 rings (SSSR count). The molecule has 1 aliphatic carbocycles. The first-order chi connectivity index (χ1) is 8.23. The van der Waals surface area contributed by atoms with Gasteiger partial charge in [0, 0.05) is 17.3 Å². The second kappa shape index (κ2) is 4.33. The van der Waals surface area contributed by atoms with Crippen LogP contribution in [0, 0.1) is 11.3 Å². The van der Waals surface area contributed by atoms with Gasteiger partial charge in [0.05, 0.1) is 0 Å². The minimum absolute atomic E-state index is 0.155. The topological polar surface area (TPSA) is 20.2 Å². The van der Waals surface area contributed by atoms with Crippen molar-refractivity contribution in [3.05, 3.63) is 29.8 Å². The van der Waals surface area contributed by atoms with Crippen LogP contribution >= 0.6 is 11.8 Å². The van der Waals surface area contributed by atoms with E-state index in [-0.39, 0.29) is 5.41 Å². The lowest BCUT2D eigenvalue weighted by atomic mass is 9.76. The van der Waals surface area contributed by atoms with E-state index in [2.05, 4.69) is 31.2 Å². The molecule has 0 radical (unpaired) electrons. The van der Waals surface area contributed by atoms with Crippen molar-refractivity contribution < 1.29 is 5.11 Å². The highest BCUT2D eigenvalue weighted by atomic mass is 32.2. The molecule has 0 saturated heterocycles. The molecule has 1 aliphatic heterocycles. The van der Waals surface area contributed by atoms with Crippen molar-refractivity contribution >= 4 is 11.8 Å². The van der Waals surface area contributed by atoms with E-state index in [0.717, 1.165) is 12.3 Å².